The minimum absolute atomic E-state index is 0.0782. The molecule has 0 heterocycles. The Balaban J connectivity index is 4.26. The van der Waals surface area contributed by atoms with Gasteiger partial charge in [-0.1, -0.05) is 120 Å². The van der Waals surface area contributed by atoms with Crippen LogP contribution in [0.5, 0.6) is 0 Å². The lowest BCUT2D eigenvalue weighted by Crippen LogP contribution is -2.28. The van der Waals surface area contributed by atoms with E-state index in [1.165, 1.54) is 44.9 Å². The molecule has 0 bridgehead atoms. The van der Waals surface area contributed by atoms with Gasteiger partial charge < -0.3 is 20.1 Å². The fourth-order valence-corrected chi connectivity index (χ4v) is 4.88. The topological polar surface area (TPSA) is 117 Å². The van der Waals surface area contributed by atoms with Crippen LogP contribution in [0.4, 0.5) is 0 Å². The summed E-state index contributed by atoms with van der Waals surface area (Å²) in [4.78, 5) is 22.2. The molecule has 0 aliphatic heterocycles. The summed E-state index contributed by atoms with van der Waals surface area (Å²) in [5.74, 6) is -0.354. The number of hydrogen-bond donors (Lipinski definition) is 2. The predicted molar refractivity (Wildman–Crippen MR) is 178 cm³/mol. The van der Waals surface area contributed by atoms with Crippen LogP contribution in [0.3, 0.4) is 0 Å². The van der Waals surface area contributed by atoms with E-state index in [1.54, 1.807) is 0 Å². The Hall–Kier alpha value is -1.54. The Morgan fingerprint density at radius 1 is 0.721 bits per heavy atom. The molecule has 2 atom stereocenters. The zero-order valence-corrected chi connectivity index (χ0v) is 28.1. The van der Waals surface area contributed by atoms with Crippen molar-refractivity contribution in [2.45, 2.75) is 129 Å². The summed E-state index contributed by atoms with van der Waals surface area (Å²) < 4.78 is 33.0. The molecule has 0 aromatic heterocycles. The van der Waals surface area contributed by atoms with Gasteiger partial charge in [-0.2, -0.15) is 0 Å². The second-order valence-electron chi connectivity index (χ2n) is 10.6. The molecule has 0 saturated heterocycles. The van der Waals surface area contributed by atoms with Crippen LogP contribution in [0.2, 0.25) is 0 Å². The Morgan fingerprint density at radius 2 is 1.28 bits per heavy atom. The van der Waals surface area contributed by atoms with Crippen LogP contribution in [0.25, 0.3) is 0 Å². The molecule has 43 heavy (non-hydrogen) atoms. The van der Waals surface area contributed by atoms with Crippen molar-refractivity contribution in [1.82, 2.24) is 0 Å². The summed E-state index contributed by atoms with van der Waals surface area (Å²) in [6.45, 7) is 4.61. The standard InChI is InChI=1S/C34H62NO7P/c1-3-5-7-9-11-13-15-16-17-18-20-22-24-26-29-39-31-33(32-41-43(37,38)40-30-28-35)42-34(36)27-25-23-21-19-14-12-10-8-6-4-2/h5,7,11,13,16-17,20,22,33H,3-4,6,8-10,12,14-15,18-19,21,23-32,35H2,1-2H3,(H,37,38)/b7-5-,13-11-,17-16-,22-20-. The van der Waals surface area contributed by atoms with Gasteiger partial charge in [0.05, 0.1) is 19.8 Å². The smallest absolute Gasteiger partial charge is 0.457 e. The van der Waals surface area contributed by atoms with Crippen molar-refractivity contribution >= 4 is 13.8 Å². The largest absolute Gasteiger partial charge is 0.472 e. The van der Waals surface area contributed by atoms with E-state index in [4.69, 9.17) is 24.3 Å². The number of allylic oxidation sites excluding steroid dienone is 8. The third-order valence-electron chi connectivity index (χ3n) is 6.51. The van der Waals surface area contributed by atoms with Crippen LogP contribution in [0, 0.1) is 0 Å². The zero-order chi connectivity index (χ0) is 31.7. The number of rotatable bonds is 31. The molecule has 0 saturated carbocycles. The number of carbonyl (C=O) groups is 1. The molecule has 3 N–H and O–H groups in total. The molecular weight excluding hydrogens is 565 g/mol. The summed E-state index contributed by atoms with van der Waals surface area (Å²) in [5.41, 5.74) is 5.33. The van der Waals surface area contributed by atoms with E-state index in [2.05, 4.69) is 62.5 Å². The number of phosphoric acid groups is 1. The molecule has 0 aromatic carbocycles. The number of ether oxygens (including phenoxy) is 2. The number of unbranched alkanes of at least 4 members (excludes halogenated alkanes) is 10. The van der Waals surface area contributed by atoms with E-state index < -0.39 is 13.9 Å². The van der Waals surface area contributed by atoms with Crippen molar-refractivity contribution in [2.75, 3.05) is 33.0 Å². The minimum Gasteiger partial charge on any atom is -0.457 e. The Kier molecular flexibility index (Phi) is 30.7. The molecule has 0 radical (unpaired) electrons. The van der Waals surface area contributed by atoms with Crippen molar-refractivity contribution in [3.8, 4) is 0 Å². The van der Waals surface area contributed by atoms with Crippen molar-refractivity contribution in [3.05, 3.63) is 48.6 Å². The highest BCUT2D eigenvalue weighted by molar-refractivity contribution is 7.47. The van der Waals surface area contributed by atoms with Gasteiger partial charge in [-0.3, -0.25) is 13.8 Å². The molecule has 0 fully saturated rings. The quantitative estimate of drug-likeness (QED) is 0.0339. The van der Waals surface area contributed by atoms with E-state index in [1.807, 2.05) is 0 Å². The molecule has 9 heteroatoms. The van der Waals surface area contributed by atoms with Crippen LogP contribution in [0.1, 0.15) is 123 Å². The molecule has 0 rings (SSSR count). The fraction of sp³-hybridized carbons (Fsp3) is 0.735. The monoisotopic (exact) mass is 627 g/mol. The third kappa shape index (κ3) is 31.7. The number of carbonyl (C=O) groups excluding carboxylic acids is 1. The molecule has 0 aliphatic rings. The van der Waals surface area contributed by atoms with Gasteiger partial charge in [0.25, 0.3) is 0 Å². The van der Waals surface area contributed by atoms with Crippen LogP contribution in [0.15, 0.2) is 48.6 Å². The third-order valence-corrected chi connectivity index (χ3v) is 7.49. The van der Waals surface area contributed by atoms with Gasteiger partial charge in [0.15, 0.2) is 0 Å². The summed E-state index contributed by atoms with van der Waals surface area (Å²) in [5, 5.41) is 0. The first-order valence-corrected chi connectivity index (χ1v) is 18.1. The molecule has 0 aromatic rings. The van der Waals surface area contributed by atoms with E-state index in [0.29, 0.717) is 13.0 Å². The van der Waals surface area contributed by atoms with Gasteiger partial charge in [-0.05, 0) is 44.9 Å². The van der Waals surface area contributed by atoms with Gasteiger partial charge in [0, 0.05) is 19.6 Å². The summed E-state index contributed by atoms with van der Waals surface area (Å²) >= 11 is 0. The number of nitrogens with two attached hydrogens (primary N) is 1. The molecule has 250 valence electrons. The van der Waals surface area contributed by atoms with Gasteiger partial charge >= 0.3 is 13.8 Å². The Labute approximate surface area is 262 Å². The zero-order valence-electron chi connectivity index (χ0n) is 27.2. The highest BCUT2D eigenvalue weighted by Crippen LogP contribution is 2.43. The number of esters is 1. The number of phosphoric ester groups is 1. The van der Waals surface area contributed by atoms with Crippen molar-refractivity contribution < 1.29 is 32.8 Å². The predicted octanol–water partition coefficient (Wildman–Crippen LogP) is 8.90. The van der Waals surface area contributed by atoms with Crippen molar-refractivity contribution in [1.29, 1.82) is 0 Å². The fourth-order valence-electron chi connectivity index (χ4n) is 4.12. The van der Waals surface area contributed by atoms with Gasteiger partial charge in [-0.15, -0.1) is 0 Å². The maximum absolute atomic E-state index is 12.4. The van der Waals surface area contributed by atoms with E-state index in [0.717, 1.165) is 57.8 Å². The van der Waals surface area contributed by atoms with Gasteiger partial charge in [-0.25, -0.2) is 4.57 Å². The lowest BCUT2D eigenvalue weighted by molar-refractivity contribution is -0.154. The Morgan fingerprint density at radius 3 is 1.86 bits per heavy atom. The first kappa shape index (κ1) is 41.5. The first-order valence-electron chi connectivity index (χ1n) is 16.6. The highest BCUT2D eigenvalue weighted by Gasteiger charge is 2.25. The Bertz CT molecular complexity index is 798. The van der Waals surface area contributed by atoms with Crippen LogP contribution < -0.4 is 5.73 Å². The first-order chi connectivity index (χ1) is 20.9. The SMILES string of the molecule is CC/C=C\C/C=C\C/C=C\C/C=C\CCCOCC(COP(=O)(O)OCCN)OC(=O)CCCCCCCCCCCC. The van der Waals surface area contributed by atoms with Crippen molar-refractivity contribution in [2.24, 2.45) is 5.73 Å². The lowest BCUT2D eigenvalue weighted by Gasteiger charge is -2.20. The molecular formula is C34H62NO7P. The van der Waals surface area contributed by atoms with Crippen LogP contribution >= 0.6 is 7.82 Å². The summed E-state index contributed by atoms with van der Waals surface area (Å²) in [7, 11) is -4.28. The van der Waals surface area contributed by atoms with Crippen LogP contribution in [-0.2, 0) is 27.9 Å². The molecule has 8 nitrogen and oxygen atoms in total. The molecule has 2 unspecified atom stereocenters. The maximum atomic E-state index is 12.4. The van der Waals surface area contributed by atoms with Crippen LogP contribution in [-0.4, -0.2) is 49.9 Å². The number of hydrogen-bond acceptors (Lipinski definition) is 7. The maximum Gasteiger partial charge on any atom is 0.472 e. The average molecular weight is 628 g/mol. The second-order valence-corrected chi connectivity index (χ2v) is 12.1. The average Bonchev–Trinajstić information content (AvgIpc) is 2.99. The van der Waals surface area contributed by atoms with E-state index in [-0.39, 0.29) is 32.3 Å². The molecule has 0 aliphatic carbocycles. The normalized spacial score (nSPS) is 14.4. The van der Waals surface area contributed by atoms with Gasteiger partial charge in [0.2, 0.25) is 0 Å². The van der Waals surface area contributed by atoms with Gasteiger partial charge in [0.1, 0.15) is 6.10 Å². The molecule has 0 amide bonds. The van der Waals surface area contributed by atoms with E-state index >= 15 is 0 Å². The lowest BCUT2D eigenvalue weighted by atomic mass is 10.1. The second kappa shape index (κ2) is 31.9. The minimum atomic E-state index is -4.28. The van der Waals surface area contributed by atoms with E-state index in [9.17, 15) is 14.3 Å². The summed E-state index contributed by atoms with van der Waals surface area (Å²) in [6, 6.07) is 0. The summed E-state index contributed by atoms with van der Waals surface area (Å²) in [6.07, 6.45) is 34.2. The molecule has 0 spiro atoms. The highest BCUT2D eigenvalue weighted by atomic mass is 31.2. The van der Waals surface area contributed by atoms with Crippen molar-refractivity contribution in [3.63, 3.8) is 0 Å².